The smallest absolute Gasteiger partial charge is 0.256 e. The van der Waals surface area contributed by atoms with Crippen molar-refractivity contribution >= 4 is 27.6 Å². The van der Waals surface area contributed by atoms with Crippen LogP contribution < -0.4 is 5.56 Å². The number of pyridine rings is 2. The summed E-state index contributed by atoms with van der Waals surface area (Å²) in [6, 6.07) is 11.8. The number of likely N-dealkylation sites (N-methyl/N-ethyl adjacent to an activating group) is 1. The molecule has 0 radical (unpaired) electrons. The van der Waals surface area contributed by atoms with E-state index in [4.69, 9.17) is 4.74 Å². The highest BCUT2D eigenvalue weighted by Gasteiger charge is 2.31. The largest absolute Gasteiger partial charge is 0.373 e. The van der Waals surface area contributed by atoms with E-state index in [2.05, 4.69) is 9.97 Å². The Kier molecular flexibility index (Phi) is 4.55. The number of nitrogens with zero attached hydrogens (tertiary/aromatic N) is 2. The van der Waals surface area contributed by atoms with E-state index >= 15 is 0 Å². The number of carbonyl (C=O) groups is 1. The third kappa shape index (κ3) is 3.18. The third-order valence-corrected chi connectivity index (χ3v) is 5.90. The van der Waals surface area contributed by atoms with Crippen molar-refractivity contribution in [2.45, 2.75) is 19.6 Å². The number of para-hydroxylation sites is 1. The van der Waals surface area contributed by atoms with Gasteiger partial charge in [-0.25, -0.2) is 4.39 Å². The minimum atomic E-state index is -0.482. The highest BCUT2D eigenvalue weighted by atomic mass is 19.1. The summed E-state index contributed by atoms with van der Waals surface area (Å²) in [7, 11) is 1.68. The maximum Gasteiger partial charge on any atom is 0.256 e. The molecule has 1 aliphatic heterocycles. The molecule has 6 nitrogen and oxygen atoms in total. The molecule has 0 bridgehead atoms. The second kappa shape index (κ2) is 7.28. The first-order chi connectivity index (χ1) is 14.9. The number of fused-ring (bicyclic) bond motifs is 4. The van der Waals surface area contributed by atoms with Crippen LogP contribution in [0.1, 0.15) is 33.2 Å². The second-order valence-electron chi connectivity index (χ2n) is 7.86. The second-order valence-corrected chi connectivity index (χ2v) is 7.86. The summed E-state index contributed by atoms with van der Waals surface area (Å²) in [5, 5.41) is 1.78. The number of aromatic nitrogens is 2. The Balaban J connectivity index is 1.61. The number of H-pyrrole nitrogens is 1. The van der Waals surface area contributed by atoms with Crippen LogP contribution in [0.2, 0.25) is 0 Å². The molecule has 0 spiro atoms. The van der Waals surface area contributed by atoms with Crippen LogP contribution in [-0.2, 0) is 11.3 Å². The number of hydrogen-bond acceptors (Lipinski definition) is 4. The highest BCUT2D eigenvalue weighted by molar-refractivity contribution is 5.98. The number of ether oxygens (including phenoxy) is 1. The standard InChI is InChI=1S/C24H20FN3O3/c1-13-7-17-16(9-18(13)25)22-20(27-23(17)29)11-31-12-21(22)28(2)24(30)15-8-14-5-3-4-6-19(14)26-10-15/h3-10,21H,11-12H2,1-2H3,(H,27,29). The summed E-state index contributed by atoms with van der Waals surface area (Å²) in [6.07, 6.45) is 1.56. The van der Waals surface area contributed by atoms with Gasteiger partial charge in [0, 0.05) is 35.3 Å². The lowest BCUT2D eigenvalue weighted by atomic mass is 9.94. The Morgan fingerprint density at radius 2 is 2.03 bits per heavy atom. The van der Waals surface area contributed by atoms with E-state index < -0.39 is 11.9 Å². The van der Waals surface area contributed by atoms with Crippen molar-refractivity contribution in [2.75, 3.05) is 13.7 Å². The zero-order valence-electron chi connectivity index (χ0n) is 17.1. The first-order valence-corrected chi connectivity index (χ1v) is 9.98. The number of aromatic amines is 1. The van der Waals surface area contributed by atoms with Gasteiger partial charge in [-0.15, -0.1) is 0 Å². The molecule has 1 N–H and O–H groups in total. The maximum absolute atomic E-state index is 14.4. The quantitative estimate of drug-likeness (QED) is 0.537. The fourth-order valence-electron chi connectivity index (χ4n) is 4.22. The summed E-state index contributed by atoms with van der Waals surface area (Å²) < 4.78 is 20.1. The van der Waals surface area contributed by atoms with Gasteiger partial charge >= 0.3 is 0 Å². The Morgan fingerprint density at radius 1 is 1.23 bits per heavy atom. The average molecular weight is 417 g/mol. The van der Waals surface area contributed by atoms with Crippen molar-refractivity contribution in [1.82, 2.24) is 14.9 Å². The molecule has 1 aliphatic rings. The topological polar surface area (TPSA) is 75.3 Å². The molecule has 3 heterocycles. The van der Waals surface area contributed by atoms with Gasteiger partial charge in [-0.2, -0.15) is 0 Å². The Bertz CT molecular complexity index is 1410. The molecule has 2 aromatic carbocycles. The molecular formula is C24H20FN3O3. The zero-order chi connectivity index (χ0) is 21.7. The SMILES string of the molecule is Cc1cc2c(=O)[nH]c3c(c2cc1F)C(N(C)C(=O)c1cnc2ccccc2c1)COC3. The fraction of sp³-hybridized carbons (Fsp3) is 0.208. The van der Waals surface area contributed by atoms with Crippen LogP contribution in [0.3, 0.4) is 0 Å². The summed E-state index contributed by atoms with van der Waals surface area (Å²) >= 11 is 0. The number of benzene rings is 2. The van der Waals surface area contributed by atoms with E-state index in [1.165, 1.54) is 6.07 Å². The van der Waals surface area contributed by atoms with Gasteiger partial charge in [-0.1, -0.05) is 18.2 Å². The number of amides is 1. The molecule has 31 heavy (non-hydrogen) atoms. The first-order valence-electron chi connectivity index (χ1n) is 9.98. The molecule has 5 rings (SSSR count). The van der Waals surface area contributed by atoms with Gasteiger partial charge in [0.2, 0.25) is 0 Å². The lowest BCUT2D eigenvalue weighted by molar-refractivity contribution is 0.0335. The lowest BCUT2D eigenvalue weighted by Crippen LogP contribution is -2.37. The van der Waals surface area contributed by atoms with Crippen molar-refractivity contribution in [1.29, 1.82) is 0 Å². The molecule has 0 fully saturated rings. The molecule has 156 valence electrons. The molecular weight excluding hydrogens is 397 g/mol. The van der Waals surface area contributed by atoms with Crippen LogP contribution in [0, 0.1) is 12.7 Å². The Labute approximate surface area is 177 Å². The number of carbonyl (C=O) groups excluding carboxylic acids is 1. The van der Waals surface area contributed by atoms with E-state index in [0.717, 1.165) is 10.9 Å². The van der Waals surface area contributed by atoms with Gasteiger partial charge in [0.05, 0.1) is 30.3 Å². The Hall–Kier alpha value is -3.58. The lowest BCUT2D eigenvalue weighted by Gasteiger charge is -2.34. The fourth-order valence-corrected chi connectivity index (χ4v) is 4.22. The number of rotatable bonds is 2. The van der Waals surface area contributed by atoms with Gasteiger partial charge in [-0.05, 0) is 42.1 Å². The molecule has 0 saturated heterocycles. The number of aryl methyl sites for hydroxylation is 1. The normalized spacial score (nSPS) is 15.8. The molecule has 1 atom stereocenters. The van der Waals surface area contributed by atoms with Gasteiger partial charge in [0.25, 0.3) is 11.5 Å². The molecule has 0 saturated carbocycles. The van der Waals surface area contributed by atoms with E-state index in [0.29, 0.717) is 33.2 Å². The van der Waals surface area contributed by atoms with Crippen molar-refractivity contribution in [3.63, 3.8) is 0 Å². The van der Waals surface area contributed by atoms with Crippen molar-refractivity contribution in [2.24, 2.45) is 0 Å². The average Bonchev–Trinajstić information content (AvgIpc) is 2.78. The van der Waals surface area contributed by atoms with Crippen molar-refractivity contribution in [3.8, 4) is 0 Å². The van der Waals surface area contributed by atoms with Crippen molar-refractivity contribution in [3.05, 3.63) is 87.2 Å². The summed E-state index contributed by atoms with van der Waals surface area (Å²) in [4.78, 5) is 34.7. The van der Waals surface area contributed by atoms with Crippen molar-refractivity contribution < 1.29 is 13.9 Å². The van der Waals surface area contributed by atoms with Gasteiger partial charge in [-0.3, -0.25) is 14.6 Å². The van der Waals surface area contributed by atoms with Crippen LogP contribution in [0.4, 0.5) is 4.39 Å². The third-order valence-electron chi connectivity index (χ3n) is 5.90. The zero-order valence-corrected chi connectivity index (χ0v) is 17.1. The van der Waals surface area contributed by atoms with Crippen LogP contribution in [-0.4, -0.2) is 34.4 Å². The summed E-state index contributed by atoms with van der Waals surface area (Å²) in [5.74, 6) is -0.620. The summed E-state index contributed by atoms with van der Waals surface area (Å²) in [5.41, 5.74) is 2.63. The van der Waals surface area contributed by atoms with E-state index in [9.17, 15) is 14.0 Å². The minimum Gasteiger partial charge on any atom is -0.373 e. The molecule has 1 amide bonds. The predicted octanol–water partition coefficient (Wildman–Crippen LogP) is 3.87. The molecule has 4 aromatic rings. The number of nitrogens with one attached hydrogen (secondary N) is 1. The maximum atomic E-state index is 14.4. The Morgan fingerprint density at radius 3 is 2.87 bits per heavy atom. The van der Waals surface area contributed by atoms with Crippen LogP contribution in [0.15, 0.2) is 53.5 Å². The monoisotopic (exact) mass is 417 g/mol. The summed E-state index contributed by atoms with van der Waals surface area (Å²) in [6.45, 7) is 2.07. The van der Waals surface area contributed by atoms with E-state index in [1.54, 1.807) is 37.2 Å². The predicted molar refractivity (Wildman–Crippen MR) is 115 cm³/mol. The van der Waals surface area contributed by atoms with E-state index in [-0.39, 0.29) is 24.7 Å². The first kappa shape index (κ1) is 19.4. The van der Waals surface area contributed by atoms with Gasteiger partial charge in [0.15, 0.2) is 0 Å². The van der Waals surface area contributed by atoms with Crippen LogP contribution in [0.5, 0.6) is 0 Å². The molecule has 2 aromatic heterocycles. The van der Waals surface area contributed by atoms with Gasteiger partial charge < -0.3 is 14.6 Å². The minimum absolute atomic E-state index is 0.200. The van der Waals surface area contributed by atoms with Gasteiger partial charge in [0.1, 0.15) is 5.82 Å². The molecule has 0 aliphatic carbocycles. The van der Waals surface area contributed by atoms with Crippen LogP contribution in [0.25, 0.3) is 21.7 Å². The van der Waals surface area contributed by atoms with E-state index in [1.807, 2.05) is 24.3 Å². The highest BCUT2D eigenvalue weighted by Crippen LogP contribution is 2.34. The van der Waals surface area contributed by atoms with Crippen LogP contribution >= 0.6 is 0 Å². The molecule has 1 unspecified atom stereocenters. The number of hydrogen-bond donors (Lipinski definition) is 1. The molecule has 7 heteroatoms. The number of halogens is 1.